The van der Waals surface area contributed by atoms with E-state index in [1.807, 2.05) is 6.92 Å². The molecule has 0 heterocycles. The van der Waals surface area contributed by atoms with Crippen molar-refractivity contribution in [1.29, 1.82) is 0 Å². The summed E-state index contributed by atoms with van der Waals surface area (Å²) in [5.41, 5.74) is 0.557. The van der Waals surface area contributed by atoms with Gasteiger partial charge in [-0.15, -0.1) is 0 Å². The van der Waals surface area contributed by atoms with Crippen LogP contribution in [0.4, 0.5) is 5.69 Å². The average Bonchev–Trinajstić information content (AvgIpc) is 2.52. The van der Waals surface area contributed by atoms with E-state index >= 15 is 0 Å². The quantitative estimate of drug-likeness (QED) is 0.789. The third kappa shape index (κ3) is 4.63. The molecule has 5 nitrogen and oxygen atoms in total. The Morgan fingerprint density at radius 3 is 2.33 bits per heavy atom. The second-order valence-corrected chi connectivity index (χ2v) is 7.54. The molecule has 0 aliphatic heterocycles. The SMILES string of the molecule is CCCNC(=O)c1ccc(NS(=O)(=O)c2ccc(Cl)cc2)cc1Cl. The zero-order valence-electron chi connectivity index (χ0n) is 12.8. The molecule has 0 spiro atoms. The van der Waals surface area contributed by atoms with Gasteiger partial charge in [-0.25, -0.2) is 8.42 Å². The lowest BCUT2D eigenvalue weighted by Gasteiger charge is -2.10. The highest BCUT2D eigenvalue weighted by Gasteiger charge is 2.16. The number of nitrogens with one attached hydrogen (secondary N) is 2. The Hall–Kier alpha value is -1.76. The van der Waals surface area contributed by atoms with Crippen molar-refractivity contribution in [3.8, 4) is 0 Å². The van der Waals surface area contributed by atoms with E-state index in [0.717, 1.165) is 6.42 Å². The molecule has 2 rings (SSSR count). The van der Waals surface area contributed by atoms with Crippen molar-refractivity contribution in [3.63, 3.8) is 0 Å². The van der Waals surface area contributed by atoms with E-state index in [0.29, 0.717) is 17.1 Å². The Bertz CT molecular complexity index is 837. The monoisotopic (exact) mass is 386 g/mol. The topological polar surface area (TPSA) is 75.3 Å². The fourth-order valence-corrected chi connectivity index (χ4v) is 3.37. The summed E-state index contributed by atoms with van der Waals surface area (Å²) in [6.07, 6.45) is 0.808. The second kappa shape index (κ2) is 7.88. The van der Waals surface area contributed by atoms with Gasteiger partial charge in [-0.1, -0.05) is 30.1 Å². The molecule has 0 saturated heterocycles. The highest BCUT2D eigenvalue weighted by Crippen LogP contribution is 2.24. The molecule has 0 aliphatic rings. The molecule has 0 aliphatic carbocycles. The molecule has 8 heteroatoms. The number of amides is 1. The molecule has 0 fully saturated rings. The summed E-state index contributed by atoms with van der Waals surface area (Å²) in [5.74, 6) is -0.297. The number of carbonyl (C=O) groups excluding carboxylic acids is 1. The lowest BCUT2D eigenvalue weighted by Crippen LogP contribution is -2.24. The van der Waals surface area contributed by atoms with E-state index in [4.69, 9.17) is 23.2 Å². The first-order valence-corrected chi connectivity index (χ1v) is 9.43. The zero-order chi connectivity index (χ0) is 17.7. The van der Waals surface area contributed by atoms with E-state index in [-0.39, 0.29) is 21.5 Å². The summed E-state index contributed by atoms with van der Waals surface area (Å²) in [6.45, 7) is 2.48. The van der Waals surface area contributed by atoms with Gasteiger partial charge in [0.1, 0.15) is 0 Å². The summed E-state index contributed by atoms with van der Waals surface area (Å²) in [5, 5.41) is 3.32. The first-order valence-electron chi connectivity index (χ1n) is 7.19. The fourth-order valence-electron chi connectivity index (χ4n) is 1.92. The summed E-state index contributed by atoms with van der Waals surface area (Å²) >= 11 is 11.8. The van der Waals surface area contributed by atoms with Gasteiger partial charge in [0.25, 0.3) is 15.9 Å². The van der Waals surface area contributed by atoms with E-state index in [9.17, 15) is 13.2 Å². The Balaban J connectivity index is 2.20. The molecule has 0 bridgehead atoms. The Morgan fingerprint density at radius 2 is 1.75 bits per heavy atom. The van der Waals surface area contributed by atoms with Gasteiger partial charge < -0.3 is 5.32 Å². The molecular formula is C16H16Cl2N2O3S. The standard InChI is InChI=1S/C16H16Cl2N2O3S/c1-2-9-19-16(21)14-8-5-12(10-15(14)18)20-24(22,23)13-6-3-11(17)4-7-13/h3-8,10,20H,2,9H2,1H3,(H,19,21). The summed E-state index contributed by atoms with van der Waals surface area (Å²) < 4.78 is 27.0. The van der Waals surface area contributed by atoms with Crippen molar-refractivity contribution in [3.05, 3.63) is 58.1 Å². The number of carbonyl (C=O) groups is 1. The molecule has 24 heavy (non-hydrogen) atoms. The van der Waals surface area contributed by atoms with Crippen LogP contribution >= 0.6 is 23.2 Å². The molecule has 2 aromatic carbocycles. The van der Waals surface area contributed by atoms with Gasteiger partial charge in [-0.3, -0.25) is 9.52 Å². The van der Waals surface area contributed by atoms with Gasteiger partial charge in [-0.2, -0.15) is 0 Å². The highest BCUT2D eigenvalue weighted by molar-refractivity contribution is 7.92. The van der Waals surface area contributed by atoms with Crippen LogP contribution < -0.4 is 10.0 Å². The van der Waals surface area contributed by atoms with Crippen molar-refractivity contribution in [2.24, 2.45) is 0 Å². The number of anilines is 1. The van der Waals surface area contributed by atoms with Crippen molar-refractivity contribution in [2.75, 3.05) is 11.3 Å². The Kier molecular flexibility index (Phi) is 6.10. The van der Waals surface area contributed by atoms with Gasteiger partial charge >= 0.3 is 0 Å². The molecule has 0 unspecified atom stereocenters. The number of benzene rings is 2. The molecule has 2 N–H and O–H groups in total. The number of halogens is 2. The van der Waals surface area contributed by atoms with Crippen molar-refractivity contribution in [2.45, 2.75) is 18.2 Å². The van der Waals surface area contributed by atoms with Crippen LogP contribution in [0.3, 0.4) is 0 Å². The third-order valence-electron chi connectivity index (χ3n) is 3.13. The maximum atomic E-state index is 12.3. The fraction of sp³-hybridized carbons (Fsp3) is 0.188. The van der Waals surface area contributed by atoms with Crippen LogP contribution in [0.2, 0.25) is 10.0 Å². The molecule has 0 saturated carbocycles. The smallest absolute Gasteiger partial charge is 0.261 e. The van der Waals surface area contributed by atoms with Crippen LogP contribution in [0.15, 0.2) is 47.4 Å². The van der Waals surface area contributed by atoms with Crippen LogP contribution in [0, 0.1) is 0 Å². The minimum Gasteiger partial charge on any atom is -0.352 e. The van der Waals surface area contributed by atoms with Gasteiger partial charge in [0, 0.05) is 11.6 Å². The maximum absolute atomic E-state index is 12.3. The van der Waals surface area contributed by atoms with Crippen LogP contribution in [-0.2, 0) is 10.0 Å². The Labute approximate surface area is 151 Å². The van der Waals surface area contributed by atoms with E-state index < -0.39 is 10.0 Å². The van der Waals surface area contributed by atoms with Gasteiger partial charge in [0.05, 0.1) is 21.2 Å². The van der Waals surface area contributed by atoms with Crippen LogP contribution in [0.5, 0.6) is 0 Å². The maximum Gasteiger partial charge on any atom is 0.261 e. The molecule has 0 atom stereocenters. The Morgan fingerprint density at radius 1 is 1.08 bits per heavy atom. The van der Waals surface area contributed by atoms with Gasteiger partial charge in [0.15, 0.2) is 0 Å². The highest BCUT2D eigenvalue weighted by atomic mass is 35.5. The van der Waals surface area contributed by atoms with Gasteiger partial charge in [-0.05, 0) is 48.9 Å². The van der Waals surface area contributed by atoms with Crippen LogP contribution in [0.25, 0.3) is 0 Å². The first-order chi connectivity index (χ1) is 11.3. The van der Waals surface area contributed by atoms with E-state index in [2.05, 4.69) is 10.0 Å². The number of hydrogen-bond acceptors (Lipinski definition) is 3. The third-order valence-corrected chi connectivity index (χ3v) is 5.09. The summed E-state index contributed by atoms with van der Waals surface area (Å²) in [6, 6.07) is 10.1. The van der Waals surface area contributed by atoms with Crippen molar-refractivity contribution < 1.29 is 13.2 Å². The first kappa shape index (κ1) is 18.6. The molecule has 0 aromatic heterocycles. The molecule has 2 aromatic rings. The number of sulfonamides is 1. The second-order valence-electron chi connectivity index (χ2n) is 5.01. The number of rotatable bonds is 6. The van der Waals surface area contributed by atoms with Crippen LogP contribution in [-0.4, -0.2) is 20.9 Å². The number of hydrogen-bond donors (Lipinski definition) is 2. The molecule has 0 radical (unpaired) electrons. The minimum atomic E-state index is -3.76. The lowest BCUT2D eigenvalue weighted by molar-refractivity contribution is 0.0954. The predicted molar refractivity (Wildman–Crippen MR) is 96.3 cm³/mol. The molecular weight excluding hydrogens is 371 g/mol. The van der Waals surface area contributed by atoms with E-state index in [1.165, 1.54) is 42.5 Å². The van der Waals surface area contributed by atoms with Crippen molar-refractivity contribution in [1.82, 2.24) is 5.32 Å². The van der Waals surface area contributed by atoms with E-state index in [1.54, 1.807) is 0 Å². The predicted octanol–water partition coefficient (Wildman–Crippen LogP) is 3.93. The normalized spacial score (nSPS) is 11.1. The minimum absolute atomic E-state index is 0.0767. The lowest BCUT2D eigenvalue weighted by atomic mass is 10.2. The summed E-state index contributed by atoms with van der Waals surface area (Å²) in [7, 11) is -3.76. The molecule has 1 amide bonds. The van der Waals surface area contributed by atoms with Gasteiger partial charge in [0.2, 0.25) is 0 Å². The van der Waals surface area contributed by atoms with Crippen LogP contribution in [0.1, 0.15) is 23.7 Å². The molecule has 128 valence electrons. The zero-order valence-corrected chi connectivity index (χ0v) is 15.2. The largest absolute Gasteiger partial charge is 0.352 e. The summed E-state index contributed by atoms with van der Waals surface area (Å²) in [4.78, 5) is 12.0. The van der Waals surface area contributed by atoms with Crippen molar-refractivity contribution >= 4 is 44.8 Å². The average molecular weight is 387 g/mol.